The quantitative estimate of drug-likeness (QED) is 0.741. The van der Waals surface area contributed by atoms with E-state index in [1.165, 1.54) is 0 Å². The first-order valence-corrected chi connectivity index (χ1v) is 9.63. The lowest BCUT2D eigenvalue weighted by Gasteiger charge is -2.29. The maximum atomic E-state index is 12.6. The molecule has 0 saturated carbocycles. The fraction of sp³-hybridized carbons (Fsp3) is 0.737. The molecule has 2 atom stereocenters. The number of carbonyl (C=O) groups is 1. The molecule has 1 aromatic heterocycles. The van der Waals surface area contributed by atoms with Crippen molar-refractivity contribution in [2.24, 2.45) is 5.92 Å². The first kappa shape index (κ1) is 18.1. The van der Waals surface area contributed by atoms with Crippen LogP contribution in [0, 0.1) is 12.8 Å². The number of aromatic nitrogens is 2. The van der Waals surface area contributed by atoms with E-state index >= 15 is 0 Å². The molecule has 1 amide bonds. The van der Waals surface area contributed by atoms with Gasteiger partial charge in [-0.05, 0) is 44.6 Å². The summed E-state index contributed by atoms with van der Waals surface area (Å²) in [6.45, 7) is 7.43. The van der Waals surface area contributed by atoms with Crippen molar-refractivity contribution in [3.05, 3.63) is 23.9 Å². The summed E-state index contributed by atoms with van der Waals surface area (Å²) < 4.78 is 5.09. The Morgan fingerprint density at radius 1 is 1.36 bits per heavy atom. The molecule has 6 heteroatoms. The third-order valence-corrected chi connectivity index (χ3v) is 5.44. The highest BCUT2D eigenvalue weighted by atomic mass is 16.5. The lowest BCUT2D eigenvalue weighted by atomic mass is 10.0. The van der Waals surface area contributed by atoms with Gasteiger partial charge in [0.1, 0.15) is 0 Å². The van der Waals surface area contributed by atoms with E-state index in [1.807, 2.05) is 6.92 Å². The molecular weight excluding hydrogens is 316 g/mol. The lowest BCUT2D eigenvalue weighted by Crippen LogP contribution is -2.37. The van der Waals surface area contributed by atoms with Gasteiger partial charge in [-0.1, -0.05) is 24.2 Å². The van der Waals surface area contributed by atoms with Gasteiger partial charge in [0, 0.05) is 32.5 Å². The van der Waals surface area contributed by atoms with Crippen LogP contribution in [0.2, 0.25) is 0 Å². The number of likely N-dealkylation sites (tertiary alicyclic amines) is 1. The van der Waals surface area contributed by atoms with Crippen LogP contribution in [-0.4, -0.2) is 51.5 Å². The Balaban J connectivity index is 1.52. The highest BCUT2D eigenvalue weighted by molar-refractivity contribution is 5.76. The lowest BCUT2D eigenvalue weighted by molar-refractivity contribution is -0.131. The Kier molecular flexibility index (Phi) is 6.24. The average molecular weight is 346 g/mol. The Labute approximate surface area is 150 Å². The van der Waals surface area contributed by atoms with Gasteiger partial charge in [-0.15, -0.1) is 0 Å². The molecule has 1 aliphatic carbocycles. The van der Waals surface area contributed by atoms with Gasteiger partial charge in [-0.3, -0.25) is 9.69 Å². The summed E-state index contributed by atoms with van der Waals surface area (Å²) in [5, 5.41) is 4.02. The second kappa shape index (κ2) is 8.61. The molecule has 3 rings (SSSR count). The fourth-order valence-corrected chi connectivity index (χ4v) is 4.00. The van der Waals surface area contributed by atoms with Crippen molar-refractivity contribution >= 4 is 5.91 Å². The van der Waals surface area contributed by atoms with E-state index in [1.54, 1.807) is 0 Å². The molecule has 0 unspecified atom stereocenters. The van der Waals surface area contributed by atoms with E-state index in [0.717, 1.165) is 64.1 Å². The van der Waals surface area contributed by atoms with Gasteiger partial charge in [0.25, 0.3) is 0 Å². The number of amides is 1. The van der Waals surface area contributed by atoms with Crippen LogP contribution in [-0.2, 0) is 11.3 Å². The molecule has 0 N–H and O–H groups in total. The molecule has 0 spiro atoms. The Bertz CT molecular complexity index is 598. The topological polar surface area (TPSA) is 62.5 Å². The molecule has 1 saturated heterocycles. The molecule has 25 heavy (non-hydrogen) atoms. The molecule has 1 aromatic rings. The monoisotopic (exact) mass is 346 g/mol. The van der Waals surface area contributed by atoms with Crippen LogP contribution >= 0.6 is 0 Å². The number of nitrogens with zero attached hydrogens (tertiary/aromatic N) is 4. The van der Waals surface area contributed by atoms with Gasteiger partial charge in [-0.25, -0.2) is 0 Å². The highest BCUT2D eigenvalue weighted by Crippen LogP contribution is 2.23. The fourth-order valence-electron chi connectivity index (χ4n) is 4.00. The highest BCUT2D eigenvalue weighted by Gasteiger charge is 2.26. The van der Waals surface area contributed by atoms with Crippen molar-refractivity contribution < 1.29 is 9.32 Å². The molecule has 0 aromatic carbocycles. The normalized spacial score (nSPS) is 24.0. The van der Waals surface area contributed by atoms with E-state index in [2.05, 4.69) is 39.0 Å². The largest absolute Gasteiger partial charge is 0.343 e. The van der Waals surface area contributed by atoms with Crippen LogP contribution in [0.3, 0.4) is 0 Å². The van der Waals surface area contributed by atoms with Crippen LogP contribution in [0.4, 0.5) is 0 Å². The Hall–Kier alpha value is -1.69. The predicted molar refractivity (Wildman–Crippen MR) is 95.8 cm³/mol. The van der Waals surface area contributed by atoms with Crippen molar-refractivity contribution in [1.82, 2.24) is 19.9 Å². The number of rotatable bonds is 6. The third kappa shape index (κ3) is 4.91. The van der Waals surface area contributed by atoms with E-state index in [4.69, 9.17) is 4.52 Å². The first-order chi connectivity index (χ1) is 12.2. The molecule has 0 radical (unpaired) electrons. The van der Waals surface area contributed by atoms with Crippen molar-refractivity contribution in [1.29, 1.82) is 0 Å². The van der Waals surface area contributed by atoms with Crippen LogP contribution in [0.5, 0.6) is 0 Å². The van der Waals surface area contributed by atoms with E-state index < -0.39 is 0 Å². The Morgan fingerprint density at radius 2 is 2.24 bits per heavy atom. The summed E-state index contributed by atoms with van der Waals surface area (Å²) in [4.78, 5) is 21.4. The van der Waals surface area contributed by atoms with Crippen molar-refractivity contribution in [3.63, 3.8) is 0 Å². The summed E-state index contributed by atoms with van der Waals surface area (Å²) in [5.41, 5.74) is 0. The van der Waals surface area contributed by atoms with Crippen LogP contribution in [0.25, 0.3) is 0 Å². The second-order valence-corrected chi connectivity index (χ2v) is 7.23. The molecule has 1 aliphatic heterocycles. The van der Waals surface area contributed by atoms with Gasteiger partial charge in [-0.2, -0.15) is 4.98 Å². The van der Waals surface area contributed by atoms with E-state index in [-0.39, 0.29) is 0 Å². The third-order valence-electron chi connectivity index (χ3n) is 5.44. The maximum Gasteiger partial charge on any atom is 0.223 e. The van der Waals surface area contributed by atoms with Crippen LogP contribution in [0.15, 0.2) is 16.7 Å². The summed E-state index contributed by atoms with van der Waals surface area (Å²) in [7, 11) is 0. The maximum absolute atomic E-state index is 12.6. The zero-order valence-electron chi connectivity index (χ0n) is 15.5. The van der Waals surface area contributed by atoms with E-state index in [9.17, 15) is 4.79 Å². The van der Waals surface area contributed by atoms with Crippen molar-refractivity contribution in [2.45, 2.75) is 65.0 Å². The number of hydrogen-bond donors (Lipinski definition) is 0. The van der Waals surface area contributed by atoms with E-state index in [0.29, 0.717) is 30.2 Å². The average Bonchev–Trinajstić information content (AvgIpc) is 3.18. The Morgan fingerprint density at radius 3 is 2.92 bits per heavy atom. The SMILES string of the molecule is CCN(Cc1noc(C)n1)[C@H]1CCCN(C(=O)C[C@@H]2C=CCC2)CC1. The van der Waals surface area contributed by atoms with Gasteiger partial charge in [0.2, 0.25) is 11.8 Å². The van der Waals surface area contributed by atoms with Crippen molar-refractivity contribution in [3.8, 4) is 0 Å². The van der Waals surface area contributed by atoms with Gasteiger partial charge < -0.3 is 9.42 Å². The molecule has 138 valence electrons. The molecule has 0 bridgehead atoms. The summed E-state index contributed by atoms with van der Waals surface area (Å²) in [6, 6.07) is 0.480. The predicted octanol–water partition coefficient (Wildman–Crippen LogP) is 2.94. The number of carbonyl (C=O) groups excluding carboxylic acids is 1. The zero-order chi connectivity index (χ0) is 17.6. The molecule has 6 nitrogen and oxygen atoms in total. The standard InChI is InChI=1S/C19H30N4O2/c1-3-22(14-18-20-15(2)25-21-18)17-9-6-11-23(12-10-17)19(24)13-16-7-4-5-8-16/h4,7,16-17H,3,5-6,8-14H2,1-2H3/t16-,17+/m1/s1. The smallest absolute Gasteiger partial charge is 0.223 e. The minimum atomic E-state index is 0.328. The van der Waals surface area contributed by atoms with Crippen LogP contribution in [0.1, 0.15) is 57.2 Å². The minimum absolute atomic E-state index is 0.328. The molecular formula is C19H30N4O2. The molecule has 1 fully saturated rings. The number of allylic oxidation sites excluding steroid dienone is 2. The zero-order valence-corrected chi connectivity index (χ0v) is 15.5. The number of aryl methyl sites for hydroxylation is 1. The van der Waals surface area contributed by atoms with Gasteiger partial charge in [0.05, 0.1) is 6.54 Å². The first-order valence-electron chi connectivity index (χ1n) is 9.63. The molecule has 2 aliphatic rings. The summed E-state index contributed by atoms with van der Waals surface area (Å²) in [5.74, 6) is 2.16. The summed E-state index contributed by atoms with van der Waals surface area (Å²) >= 11 is 0. The van der Waals surface area contributed by atoms with Crippen molar-refractivity contribution in [2.75, 3.05) is 19.6 Å². The van der Waals surface area contributed by atoms with Crippen LogP contribution < -0.4 is 0 Å². The minimum Gasteiger partial charge on any atom is -0.343 e. The second-order valence-electron chi connectivity index (χ2n) is 7.23. The summed E-state index contributed by atoms with van der Waals surface area (Å²) in [6.07, 6.45) is 10.6. The molecule has 2 heterocycles. The van der Waals surface area contributed by atoms with Gasteiger partial charge in [0.15, 0.2) is 5.82 Å². The number of hydrogen-bond acceptors (Lipinski definition) is 5. The van der Waals surface area contributed by atoms with Gasteiger partial charge >= 0.3 is 0 Å².